The SMILES string of the molecule is C.C.CC(=O)O.CC(C)(C)OC(=O)N1CCN(c2c(F)cc(N3C[C@H](CNC(=O)C(F)F)OC3=O)cc2F)CCO1. The molecule has 0 spiro atoms. The van der Waals surface area contributed by atoms with Gasteiger partial charge in [-0.1, -0.05) is 14.9 Å². The van der Waals surface area contributed by atoms with Crippen molar-refractivity contribution in [2.45, 2.75) is 60.7 Å². The van der Waals surface area contributed by atoms with E-state index in [1.165, 1.54) is 4.90 Å². The molecule has 2 N–H and O–H groups in total. The molecule has 1 aromatic carbocycles. The van der Waals surface area contributed by atoms with Crippen LogP contribution in [0.2, 0.25) is 0 Å². The molecule has 0 radical (unpaired) electrons. The fourth-order valence-electron chi connectivity index (χ4n) is 3.47. The van der Waals surface area contributed by atoms with E-state index in [1.54, 1.807) is 20.8 Å². The van der Waals surface area contributed by atoms with Gasteiger partial charge < -0.3 is 24.8 Å². The van der Waals surface area contributed by atoms with E-state index in [-0.39, 0.29) is 65.6 Å². The third kappa shape index (κ3) is 11.3. The lowest BCUT2D eigenvalue weighted by Crippen LogP contribution is -2.38. The molecule has 0 aromatic heterocycles. The van der Waals surface area contributed by atoms with Crippen LogP contribution in [-0.4, -0.2) is 91.7 Å². The molecule has 0 unspecified atom stereocenters. The van der Waals surface area contributed by atoms with Crippen molar-refractivity contribution in [3.05, 3.63) is 23.8 Å². The first-order valence-corrected chi connectivity index (χ1v) is 11.7. The van der Waals surface area contributed by atoms with Crippen LogP contribution in [0.3, 0.4) is 0 Å². The number of ether oxygens (including phenoxy) is 2. The number of carboxylic acids is 1. The van der Waals surface area contributed by atoms with Crippen molar-refractivity contribution >= 4 is 35.4 Å². The molecule has 2 aliphatic heterocycles. The molecule has 234 valence electrons. The number of amides is 3. The van der Waals surface area contributed by atoms with E-state index in [9.17, 15) is 31.9 Å². The zero-order chi connectivity index (χ0) is 29.5. The van der Waals surface area contributed by atoms with Crippen molar-refractivity contribution in [2.75, 3.05) is 49.1 Å². The number of aliphatic carboxylic acids is 1. The van der Waals surface area contributed by atoms with Gasteiger partial charge in [-0.25, -0.2) is 18.4 Å². The Labute approximate surface area is 236 Å². The Hall–Kier alpha value is -3.82. The minimum atomic E-state index is -3.22. The molecule has 0 saturated carbocycles. The average Bonchev–Trinajstić information content (AvgIpc) is 3.00. The van der Waals surface area contributed by atoms with Crippen molar-refractivity contribution < 1.29 is 56.2 Å². The van der Waals surface area contributed by atoms with E-state index in [1.807, 2.05) is 5.32 Å². The van der Waals surface area contributed by atoms with E-state index in [2.05, 4.69) is 0 Å². The van der Waals surface area contributed by atoms with Crippen molar-refractivity contribution in [3.63, 3.8) is 0 Å². The highest BCUT2D eigenvalue weighted by Crippen LogP contribution is 2.31. The second-order valence-electron chi connectivity index (χ2n) is 9.34. The number of nitrogens with zero attached hydrogens (tertiary/aromatic N) is 3. The van der Waals surface area contributed by atoms with E-state index in [4.69, 9.17) is 24.2 Å². The molecule has 0 bridgehead atoms. The first-order valence-electron chi connectivity index (χ1n) is 11.7. The van der Waals surface area contributed by atoms with Crippen molar-refractivity contribution in [3.8, 4) is 0 Å². The van der Waals surface area contributed by atoms with Crippen LogP contribution in [0.5, 0.6) is 0 Å². The molecule has 0 aliphatic carbocycles. The summed E-state index contributed by atoms with van der Waals surface area (Å²) in [4.78, 5) is 52.0. The maximum absolute atomic E-state index is 15.0. The summed E-state index contributed by atoms with van der Waals surface area (Å²) in [7, 11) is 0. The number of alkyl halides is 2. The lowest BCUT2D eigenvalue weighted by atomic mass is 10.2. The van der Waals surface area contributed by atoms with Crippen LogP contribution in [0.1, 0.15) is 42.5 Å². The number of rotatable bonds is 5. The van der Waals surface area contributed by atoms with Crippen molar-refractivity contribution in [1.82, 2.24) is 10.4 Å². The van der Waals surface area contributed by atoms with Gasteiger partial charge in [0.25, 0.3) is 11.9 Å². The predicted molar refractivity (Wildman–Crippen MR) is 141 cm³/mol. The van der Waals surface area contributed by atoms with Gasteiger partial charge in [0.05, 0.1) is 31.9 Å². The predicted octanol–water partition coefficient (Wildman–Crippen LogP) is 4.02. The van der Waals surface area contributed by atoms with Crippen LogP contribution >= 0.6 is 0 Å². The van der Waals surface area contributed by atoms with Gasteiger partial charge in [0, 0.05) is 32.1 Å². The number of nitrogens with one attached hydrogen (secondary N) is 1. The molecule has 2 fully saturated rings. The molecule has 41 heavy (non-hydrogen) atoms. The van der Waals surface area contributed by atoms with E-state index in [0.29, 0.717) is 0 Å². The quantitative estimate of drug-likeness (QED) is 0.482. The molecular formula is C25H38F4N4O8. The Morgan fingerprint density at radius 3 is 2.20 bits per heavy atom. The third-order valence-corrected chi connectivity index (χ3v) is 4.98. The highest BCUT2D eigenvalue weighted by molar-refractivity contribution is 5.90. The number of carboxylic acid groups (broad SMARTS) is 1. The minimum Gasteiger partial charge on any atom is -0.481 e. The summed E-state index contributed by atoms with van der Waals surface area (Å²) in [6.07, 6.45) is -5.86. The van der Waals surface area contributed by atoms with Crippen LogP contribution in [0, 0.1) is 11.6 Å². The number of hydrogen-bond acceptors (Lipinski definition) is 8. The molecule has 3 amide bonds. The molecule has 1 aromatic rings. The van der Waals surface area contributed by atoms with Crippen molar-refractivity contribution in [1.29, 1.82) is 0 Å². The topological polar surface area (TPSA) is 138 Å². The molecule has 3 rings (SSSR count). The minimum absolute atomic E-state index is 0. The largest absolute Gasteiger partial charge is 0.481 e. The molecule has 1 atom stereocenters. The Balaban J connectivity index is 0.00000250. The summed E-state index contributed by atoms with van der Waals surface area (Å²) in [5.41, 5.74) is -1.25. The molecular weight excluding hydrogens is 560 g/mol. The number of benzene rings is 1. The zero-order valence-electron chi connectivity index (χ0n) is 21.7. The fraction of sp³-hybridized carbons (Fsp3) is 0.600. The van der Waals surface area contributed by atoms with Gasteiger partial charge >= 0.3 is 18.6 Å². The van der Waals surface area contributed by atoms with Gasteiger partial charge in [-0.3, -0.25) is 19.3 Å². The Morgan fingerprint density at radius 2 is 1.68 bits per heavy atom. The number of hydrogen-bond donors (Lipinski definition) is 2. The summed E-state index contributed by atoms with van der Waals surface area (Å²) < 4.78 is 64.8. The number of carbonyl (C=O) groups excluding carboxylic acids is 3. The van der Waals surface area contributed by atoms with Gasteiger partial charge in [-0.15, -0.1) is 0 Å². The maximum Gasteiger partial charge on any atom is 0.434 e. The molecule has 12 nitrogen and oxygen atoms in total. The van der Waals surface area contributed by atoms with Gasteiger partial charge in [-0.2, -0.15) is 13.8 Å². The molecule has 2 heterocycles. The number of halogens is 4. The van der Waals surface area contributed by atoms with Crippen LogP contribution in [0.4, 0.5) is 38.5 Å². The highest BCUT2D eigenvalue weighted by Gasteiger charge is 2.35. The number of anilines is 2. The van der Waals surface area contributed by atoms with Crippen LogP contribution < -0.4 is 15.1 Å². The Morgan fingerprint density at radius 1 is 1.12 bits per heavy atom. The average molecular weight is 599 g/mol. The summed E-state index contributed by atoms with van der Waals surface area (Å²) in [5.74, 6) is -4.28. The Kier molecular flexibility index (Phi) is 14.4. The van der Waals surface area contributed by atoms with Crippen LogP contribution in [-0.2, 0) is 23.9 Å². The Bertz CT molecular complexity index is 1040. The third-order valence-electron chi connectivity index (χ3n) is 4.98. The number of cyclic esters (lactones) is 1. The second kappa shape index (κ2) is 15.8. The highest BCUT2D eigenvalue weighted by atomic mass is 19.3. The van der Waals surface area contributed by atoms with E-state index >= 15 is 0 Å². The first-order chi connectivity index (χ1) is 18.1. The van der Waals surface area contributed by atoms with E-state index < -0.39 is 53.8 Å². The molecule has 2 aliphatic rings. The summed E-state index contributed by atoms with van der Waals surface area (Å²) >= 11 is 0. The maximum atomic E-state index is 15.0. The smallest absolute Gasteiger partial charge is 0.434 e. The number of carbonyl (C=O) groups is 4. The van der Waals surface area contributed by atoms with Crippen molar-refractivity contribution in [2.24, 2.45) is 0 Å². The number of hydroxylamine groups is 2. The molecule has 2 saturated heterocycles. The van der Waals surface area contributed by atoms with Gasteiger partial charge in [0.1, 0.15) is 17.4 Å². The molecule has 16 heteroatoms. The van der Waals surface area contributed by atoms with Crippen LogP contribution in [0.15, 0.2) is 12.1 Å². The van der Waals surface area contributed by atoms with E-state index in [0.717, 1.165) is 29.0 Å². The summed E-state index contributed by atoms with van der Waals surface area (Å²) in [5, 5.41) is 10.3. The lowest BCUT2D eigenvalue weighted by molar-refractivity contribution is -0.137. The van der Waals surface area contributed by atoms with Gasteiger partial charge in [-0.05, 0) is 20.8 Å². The second-order valence-corrected chi connectivity index (χ2v) is 9.34. The van der Waals surface area contributed by atoms with Crippen LogP contribution in [0.25, 0.3) is 0 Å². The van der Waals surface area contributed by atoms with Gasteiger partial charge in [0.2, 0.25) is 0 Å². The standard InChI is InChI=1S/C21H26F4N4O6.C2H4O2.2CH4/c1-21(2,3)35-20(32)29-5-4-27(6-7-33-29)16-14(22)8-12(9-15(16)23)28-11-13(34-19(28)31)10-26-18(30)17(24)25;1-2(3)4;;/h8-9,13,17H,4-7,10-11H2,1-3H3,(H,26,30);1H3,(H,3,4);2*1H4/t13-;;;/m0.../s1. The monoisotopic (exact) mass is 598 g/mol. The fourth-order valence-corrected chi connectivity index (χ4v) is 3.47. The summed E-state index contributed by atoms with van der Waals surface area (Å²) in [6, 6.07) is 1.88. The first kappa shape index (κ1) is 37.2. The normalized spacial score (nSPS) is 16.9. The summed E-state index contributed by atoms with van der Waals surface area (Å²) in [6.45, 7) is 5.65. The lowest BCUT2D eigenvalue weighted by Gasteiger charge is -2.26. The zero-order valence-corrected chi connectivity index (χ0v) is 21.7. The van der Waals surface area contributed by atoms with Gasteiger partial charge in [0.15, 0.2) is 11.6 Å².